The average Bonchev–Trinajstić information content (AvgIpc) is 2.54. The van der Waals surface area contributed by atoms with Crippen molar-refractivity contribution in [1.82, 2.24) is 10.2 Å². The van der Waals surface area contributed by atoms with E-state index in [0.717, 1.165) is 31.5 Å². The van der Waals surface area contributed by atoms with Crippen LogP contribution in [0.1, 0.15) is 31.7 Å². The maximum absolute atomic E-state index is 14.1. The Hall–Kier alpha value is -1.62. The van der Waals surface area contributed by atoms with Gasteiger partial charge in [0.2, 0.25) is 0 Å². The van der Waals surface area contributed by atoms with Crippen LogP contribution >= 0.6 is 0 Å². The molecular formula is C17H25FN2O2. The summed E-state index contributed by atoms with van der Waals surface area (Å²) in [5.74, 6) is 0. The summed E-state index contributed by atoms with van der Waals surface area (Å²) in [6, 6.07) is 9.01. The molecule has 1 aliphatic rings. The van der Waals surface area contributed by atoms with E-state index >= 15 is 0 Å². The number of hydrogen-bond donors (Lipinski definition) is 1. The number of hydrogen-bond acceptors (Lipinski definition) is 3. The number of ether oxygens (including phenoxy) is 1. The van der Waals surface area contributed by atoms with Crippen LogP contribution < -0.4 is 5.32 Å². The predicted molar refractivity (Wildman–Crippen MR) is 84.4 cm³/mol. The summed E-state index contributed by atoms with van der Waals surface area (Å²) in [4.78, 5) is 13.9. The van der Waals surface area contributed by atoms with Gasteiger partial charge in [0.1, 0.15) is 12.8 Å². The summed E-state index contributed by atoms with van der Waals surface area (Å²) >= 11 is 0. The van der Waals surface area contributed by atoms with Crippen molar-refractivity contribution in [2.24, 2.45) is 0 Å². The van der Waals surface area contributed by atoms with Gasteiger partial charge in [0.05, 0.1) is 6.04 Å². The molecule has 1 aromatic carbocycles. The molecule has 0 bridgehead atoms. The van der Waals surface area contributed by atoms with Crippen molar-refractivity contribution < 1.29 is 13.9 Å². The smallest absolute Gasteiger partial charge is 0.407 e. The summed E-state index contributed by atoms with van der Waals surface area (Å²) in [6.45, 7) is 4.48. The minimum Gasteiger partial charge on any atom is -0.445 e. The zero-order valence-electron chi connectivity index (χ0n) is 13.1. The Morgan fingerprint density at radius 3 is 2.86 bits per heavy atom. The fourth-order valence-corrected chi connectivity index (χ4v) is 2.63. The molecule has 122 valence electrons. The third kappa shape index (κ3) is 5.30. The van der Waals surface area contributed by atoms with Gasteiger partial charge in [-0.3, -0.25) is 0 Å². The normalized spacial score (nSPS) is 22.3. The van der Waals surface area contributed by atoms with E-state index < -0.39 is 18.3 Å². The molecule has 1 N–H and O–H groups in total. The van der Waals surface area contributed by atoms with Crippen LogP contribution in [0.3, 0.4) is 0 Å². The number of unbranched alkanes of at least 4 members (excludes halogenated alkanes) is 1. The lowest BCUT2D eigenvalue weighted by molar-refractivity contribution is 0.0876. The first kappa shape index (κ1) is 16.7. The topological polar surface area (TPSA) is 41.6 Å². The largest absolute Gasteiger partial charge is 0.445 e. The number of halogens is 1. The zero-order chi connectivity index (χ0) is 15.8. The van der Waals surface area contributed by atoms with E-state index in [4.69, 9.17) is 4.74 Å². The van der Waals surface area contributed by atoms with Crippen LogP contribution in [0, 0.1) is 0 Å². The molecular weight excluding hydrogens is 283 g/mol. The number of rotatable bonds is 6. The van der Waals surface area contributed by atoms with Crippen molar-refractivity contribution in [3.63, 3.8) is 0 Å². The Morgan fingerprint density at radius 1 is 1.41 bits per heavy atom. The minimum absolute atomic E-state index is 0.207. The molecule has 1 amide bonds. The molecule has 0 saturated carbocycles. The predicted octanol–water partition coefficient (Wildman–Crippen LogP) is 3.13. The first-order chi connectivity index (χ1) is 10.7. The molecule has 2 atom stereocenters. The molecule has 0 radical (unpaired) electrons. The fraction of sp³-hybridized carbons (Fsp3) is 0.588. The number of likely N-dealkylation sites (tertiary alicyclic amines) is 1. The van der Waals surface area contributed by atoms with Crippen molar-refractivity contribution in [2.75, 3.05) is 19.6 Å². The molecule has 1 aliphatic heterocycles. The van der Waals surface area contributed by atoms with Gasteiger partial charge in [-0.2, -0.15) is 0 Å². The Morgan fingerprint density at radius 2 is 2.18 bits per heavy atom. The van der Waals surface area contributed by atoms with Crippen LogP contribution in [0.15, 0.2) is 30.3 Å². The van der Waals surface area contributed by atoms with Crippen molar-refractivity contribution in [3.8, 4) is 0 Å². The second kappa shape index (κ2) is 8.73. The number of nitrogens with zero attached hydrogens (tertiary/aromatic N) is 1. The lowest BCUT2D eigenvalue weighted by Crippen LogP contribution is -2.52. The Bertz CT molecular complexity index is 455. The number of benzene rings is 1. The molecule has 1 saturated heterocycles. The third-order valence-corrected chi connectivity index (χ3v) is 3.97. The van der Waals surface area contributed by atoms with Gasteiger partial charge in [-0.15, -0.1) is 0 Å². The van der Waals surface area contributed by atoms with Crippen molar-refractivity contribution in [1.29, 1.82) is 0 Å². The summed E-state index contributed by atoms with van der Waals surface area (Å²) < 4.78 is 19.3. The van der Waals surface area contributed by atoms with Crippen molar-refractivity contribution in [3.05, 3.63) is 35.9 Å². The van der Waals surface area contributed by atoms with Crippen molar-refractivity contribution in [2.45, 2.75) is 45.0 Å². The Labute approximate surface area is 131 Å². The monoisotopic (exact) mass is 308 g/mol. The molecule has 2 unspecified atom stereocenters. The number of nitrogens with one attached hydrogen (secondary N) is 1. The van der Waals surface area contributed by atoms with E-state index in [0.29, 0.717) is 13.0 Å². The molecule has 0 spiro atoms. The van der Waals surface area contributed by atoms with Crippen LogP contribution in [0.25, 0.3) is 0 Å². The summed E-state index contributed by atoms with van der Waals surface area (Å²) in [5.41, 5.74) is 0.920. The number of carbonyl (C=O) groups is 1. The lowest BCUT2D eigenvalue weighted by atomic mass is 10.0. The first-order valence-electron chi connectivity index (χ1n) is 8.02. The lowest BCUT2D eigenvalue weighted by Gasteiger charge is -2.34. The molecule has 4 nitrogen and oxygen atoms in total. The number of amides is 1. The minimum atomic E-state index is -1.03. The van der Waals surface area contributed by atoms with Gasteiger partial charge in [-0.25, -0.2) is 9.18 Å². The highest BCUT2D eigenvalue weighted by atomic mass is 19.1. The molecule has 1 aromatic rings. The number of piperidine rings is 1. The quantitative estimate of drug-likeness (QED) is 0.878. The molecule has 5 heteroatoms. The number of alkyl halides is 1. The first-order valence-corrected chi connectivity index (χ1v) is 8.02. The SMILES string of the molecule is CCCCN1CCC(NC(=O)OCc2ccccc2)C(F)C1. The highest BCUT2D eigenvalue weighted by Gasteiger charge is 2.30. The summed E-state index contributed by atoms with van der Waals surface area (Å²) in [6.07, 6.45) is 1.25. The Kier molecular flexibility index (Phi) is 6.65. The van der Waals surface area contributed by atoms with Gasteiger partial charge in [-0.1, -0.05) is 43.7 Å². The fourth-order valence-electron chi connectivity index (χ4n) is 2.63. The van der Waals surface area contributed by atoms with Crippen LogP contribution in [0.2, 0.25) is 0 Å². The Balaban J connectivity index is 1.71. The van der Waals surface area contributed by atoms with Crippen LogP contribution in [0.5, 0.6) is 0 Å². The van der Waals surface area contributed by atoms with Crippen LogP contribution in [-0.4, -0.2) is 42.8 Å². The molecule has 1 heterocycles. The summed E-state index contributed by atoms with van der Waals surface area (Å²) in [7, 11) is 0. The molecule has 0 aliphatic carbocycles. The van der Waals surface area contributed by atoms with E-state index in [1.807, 2.05) is 30.3 Å². The van der Waals surface area contributed by atoms with Crippen LogP contribution in [0.4, 0.5) is 9.18 Å². The van der Waals surface area contributed by atoms with Gasteiger partial charge < -0.3 is 15.0 Å². The zero-order valence-corrected chi connectivity index (χ0v) is 13.1. The second-order valence-corrected chi connectivity index (χ2v) is 5.77. The van der Waals surface area contributed by atoms with E-state index in [1.54, 1.807) is 0 Å². The standard InChI is InChI=1S/C17H25FN2O2/c1-2-3-10-20-11-9-16(15(18)12-20)19-17(21)22-13-14-7-5-4-6-8-14/h4-8,15-16H,2-3,9-13H2,1H3,(H,19,21). The van der Waals surface area contributed by atoms with E-state index in [1.165, 1.54) is 0 Å². The van der Waals surface area contributed by atoms with Gasteiger partial charge in [0.25, 0.3) is 0 Å². The average molecular weight is 308 g/mol. The molecule has 22 heavy (non-hydrogen) atoms. The third-order valence-electron chi connectivity index (χ3n) is 3.97. The van der Waals surface area contributed by atoms with Gasteiger partial charge >= 0.3 is 6.09 Å². The van der Waals surface area contributed by atoms with E-state index in [-0.39, 0.29) is 6.61 Å². The van der Waals surface area contributed by atoms with Crippen molar-refractivity contribution >= 4 is 6.09 Å². The molecule has 0 aromatic heterocycles. The van der Waals surface area contributed by atoms with E-state index in [9.17, 15) is 9.18 Å². The number of alkyl carbamates (subject to hydrolysis) is 1. The maximum Gasteiger partial charge on any atom is 0.407 e. The van der Waals surface area contributed by atoms with E-state index in [2.05, 4.69) is 17.1 Å². The highest BCUT2D eigenvalue weighted by molar-refractivity contribution is 5.67. The molecule has 1 fully saturated rings. The molecule has 2 rings (SSSR count). The maximum atomic E-state index is 14.1. The van der Waals surface area contributed by atoms with Crippen LogP contribution in [-0.2, 0) is 11.3 Å². The highest BCUT2D eigenvalue weighted by Crippen LogP contribution is 2.15. The van der Waals surface area contributed by atoms with Gasteiger partial charge in [0.15, 0.2) is 0 Å². The summed E-state index contributed by atoms with van der Waals surface area (Å²) in [5, 5.41) is 2.65. The van der Waals surface area contributed by atoms with Gasteiger partial charge in [-0.05, 0) is 24.9 Å². The van der Waals surface area contributed by atoms with Gasteiger partial charge in [0, 0.05) is 13.1 Å². The second-order valence-electron chi connectivity index (χ2n) is 5.77. The number of carbonyl (C=O) groups excluding carboxylic acids is 1.